The lowest BCUT2D eigenvalue weighted by Gasteiger charge is -2.39. The average Bonchev–Trinajstić information content (AvgIpc) is 3.79. The van der Waals surface area contributed by atoms with E-state index >= 15 is 0 Å². The van der Waals surface area contributed by atoms with Gasteiger partial charge < -0.3 is 24.7 Å². The van der Waals surface area contributed by atoms with E-state index in [1.165, 1.54) is 6.07 Å². The fourth-order valence-electron chi connectivity index (χ4n) is 7.08. The molecule has 9 nitrogen and oxygen atoms in total. The van der Waals surface area contributed by atoms with E-state index in [-0.39, 0.29) is 34.8 Å². The number of carbonyl (C=O) groups is 1. The molecule has 1 unspecified atom stereocenters. The number of benzene rings is 2. The minimum Gasteiger partial charge on any atom is -0.508 e. The van der Waals surface area contributed by atoms with Crippen molar-refractivity contribution in [2.75, 3.05) is 26.3 Å². The number of halogens is 1. The number of carbonyl (C=O) groups excluding carboxylic acids is 1. The second kappa shape index (κ2) is 12.8. The molecule has 3 aromatic rings. The van der Waals surface area contributed by atoms with E-state index in [0.29, 0.717) is 34.9 Å². The topological polar surface area (TPSA) is 114 Å². The van der Waals surface area contributed by atoms with Crippen LogP contribution in [0, 0.1) is 5.41 Å². The number of likely N-dealkylation sites (tertiary alicyclic amines) is 1. The number of hydrogen-bond acceptors (Lipinski definition) is 6. The van der Waals surface area contributed by atoms with E-state index in [1.807, 2.05) is 32.1 Å². The van der Waals surface area contributed by atoms with Crippen molar-refractivity contribution in [2.45, 2.75) is 78.3 Å². The predicted molar refractivity (Wildman–Crippen MR) is 181 cm³/mol. The summed E-state index contributed by atoms with van der Waals surface area (Å²) in [6, 6.07) is 6.83. The van der Waals surface area contributed by atoms with Gasteiger partial charge in [-0.2, -0.15) is 5.10 Å². The first-order valence-electron chi connectivity index (χ1n) is 16.3. The largest absolute Gasteiger partial charge is 0.508 e. The van der Waals surface area contributed by atoms with Gasteiger partial charge in [0.1, 0.15) is 17.3 Å². The number of fused-ring (bicyclic) bond motifs is 1. The van der Waals surface area contributed by atoms with Gasteiger partial charge in [0.15, 0.2) is 5.82 Å². The number of amidine groups is 1. The predicted octanol–water partition coefficient (Wildman–Crippen LogP) is 7.65. The van der Waals surface area contributed by atoms with Crippen molar-refractivity contribution in [2.24, 2.45) is 10.4 Å². The second-order valence-corrected chi connectivity index (χ2v) is 13.8. The van der Waals surface area contributed by atoms with E-state index in [4.69, 9.17) is 26.4 Å². The number of phenolic OH excluding ortho intramolecular Hbond substituents is 2. The summed E-state index contributed by atoms with van der Waals surface area (Å²) < 4.78 is 5.72. The van der Waals surface area contributed by atoms with Crippen LogP contribution in [0.25, 0.3) is 11.3 Å². The molecule has 1 amide bonds. The summed E-state index contributed by atoms with van der Waals surface area (Å²) in [6.07, 6.45) is 6.01. The van der Waals surface area contributed by atoms with Gasteiger partial charge in [0.05, 0.1) is 22.9 Å². The van der Waals surface area contributed by atoms with Gasteiger partial charge in [-0.15, -0.1) is 0 Å². The Morgan fingerprint density at radius 3 is 2.57 bits per heavy atom. The summed E-state index contributed by atoms with van der Waals surface area (Å²) in [4.78, 5) is 22.6. The Hall–Kier alpha value is -3.82. The van der Waals surface area contributed by atoms with Crippen molar-refractivity contribution in [3.05, 3.63) is 69.8 Å². The van der Waals surface area contributed by atoms with Crippen LogP contribution in [0.5, 0.6) is 11.5 Å². The minimum absolute atomic E-state index is 0.00943. The lowest BCUT2D eigenvalue weighted by Crippen LogP contribution is -2.42. The standard InChI is InChI=1S/C36H44ClN5O4/c1-6-22(5)31-33(39-40-34(31)38-30(7-2)41-13-10-36(11-14-41)12-15-46-20-36)24-9-8-23-18-42(19-27(23)32(24)37)35(45)26-16-25(21(3)4)28(43)17-29(26)44/h7-9,16-17,21-22,43-44H,2,6,10-15,18-20H2,1,3-5H3,(H,39,40). The molecule has 3 aliphatic heterocycles. The first-order valence-corrected chi connectivity index (χ1v) is 16.7. The Morgan fingerprint density at radius 2 is 1.91 bits per heavy atom. The summed E-state index contributed by atoms with van der Waals surface area (Å²) in [5.41, 5.74) is 5.55. The normalized spacial score (nSPS) is 18.4. The summed E-state index contributed by atoms with van der Waals surface area (Å²) >= 11 is 7.13. The highest BCUT2D eigenvalue weighted by Crippen LogP contribution is 2.44. The van der Waals surface area contributed by atoms with Gasteiger partial charge in [0.25, 0.3) is 5.91 Å². The minimum atomic E-state index is -0.312. The molecule has 244 valence electrons. The van der Waals surface area contributed by atoms with Crippen molar-refractivity contribution in [1.82, 2.24) is 20.0 Å². The molecule has 0 bridgehead atoms. The summed E-state index contributed by atoms with van der Waals surface area (Å²) in [6.45, 7) is 16.5. The zero-order chi connectivity index (χ0) is 32.7. The number of nitrogens with zero attached hydrogens (tertiary/aromatic N) is 4. The Balaban J connectivity index is 1.28. The Labute approximate surface area is 275 Å². The molecule has 4 heterocycles. The molecule has 46 heavy (non-hydrogen) atoms. The summed E-state index contributed by atoms with van der Waals surface area (Å²) in [5, 5.41) is 29.3. The summed E-state index contributed by atoms with van der Waals surface area (Å²) in [5.74, 6) is 1.04. The van der Waals surface area contributed by atoms with Crippen LogP contribution >= 0.6 is 11.6 Å². The molecule has 3 aliphatic rings. The van der Waals surface area contributed by atoms with Crippen molar-refractivity contribution in [3.63, 3.8) is 0 Å². The molecule has 2 aromatic carbocycles. The number of aromatic amines is 1. The molecule has 2 fully saturated rings. The van der Waals surface area contributed by atoms with Crippen molar-refractivity contribution in [1.29, 1.82) is 0 Å². The van der Waals surface area contributed by atoms with Crippen molar-refractivity contribution >= 4 is 29.2 Å². The van der Waals surface area contributed by atoms with Crippen LogP contribution in [0.15, 0.2) is 41.9 Å². The van der Waals surface area contributed by atoms with Gasteiger partial charge >= 0.3 is 0 Å². The Bertz CT molecular complexity index is 1680. The smallest absolute Gasteiger partial charge is 0.258 e. The Morgan fingerprint density at radius 1 is 1.15 bits per heavy atom. The maximum Gasteiger partial charge on any atom is 0.258 e. The molecule has 6 rings (SSSR count). The highest BCUT2D eigenvalue weighted by Gasteiger charge is 2.38. The van der Waals surface area contributed by atoms with Crippen LogP contribution in [0.2, 0.25) is 5.02 Å². The lowest BCUT2D eigenvalue weighted by molar-refractivity contribution is 0.0748. The third kappa shape index (κ3) is 5.79. The number of aliphatic imine (C=N–C) groups is 1. The fourth-order valence-corrected chi connectivity index (χ4v) is 7.42. The molecule has 10 heteroatoms. The number of ether oxygens (including phenoxy) is 1. The van der Waals surface area contributed by atoms with Crippen LogP contribution in [-0.2, 0) is 17.8 Å². The second-order valence-electron chi connectivity index (χ2n) is 13.4. The van der Waals surface area contributed by atoms with Crippen LogP contribution in [0.4, 0.5) is 5.82 Å². The number of piperidine rings is 1. The van der Waals surface area contributed by atoms with Gasteiger partial charge in [-0.25, -0.2) is 4.99 Å². The van der Waals surface area contributed by atoms with E-state index < -0.39 is 0 Å². The highest BCUT2D eigenvalue weighted by molar-refractivity contribution is 6.34. The van der Waals surface area contributed by atoms with Crippen LogP contribution in [-0.4, -0.2) is 68.3 Å². The van der Waals surface area contributed by atoms with Crippen LogP contribution in [0.1, 0.15) is 97.8 Å². The van der Waals surface area contributed by atoms with Crippen LogP contribution in [0.3, 0.4) is 0 Å². The molecular formula is C36H44ClN5O4. The highest BCUT2D eigenvalue weighted by atomic mass is 35.5. The first kappa shape index (κ1) is 32.1. The van der Waals surface area contributed by atoms with Crippen molar-refractivity contribution < 1.29 is 19.7 Å². The Kier molecular flexibility index (Phi) is 8.91. The number of nitrogens with one attached hydrogen (secondary N) is 1. The number of amides is 1. The van der Waals surface area contributed by atoms with Gasteiger partial charge in [0.2, 0.25) is 0 Å². The molecule has 0 saturated carbocycles. The first-order chi connectivity index (χ1) is 22.1. The average molecular weight is 646 g/mol. The van der Waals surface area contributed by atoms with Crippen molar-refractivity contribution in [3.8, 4) is 22.8 Å². The molecule has 1 spiro atoms. The third-order valence-corrected chi connectivity index (χ3v) is 10.7. The van der Waals surface area contributed by atoms with E-state index in [1.54, 1.807) is 11.0 Å². The zero-order valence-electron chi connectivity index (χ0n) is 27.2. The molecule has 0 radical (unpaired) electrons. The number of hydrogen-bond donors (Lipinski definition) is 3. The number of aromatic hydroxyl groups is 2. The number of rotatable bonds is 7. The quantitative estimate of drug-likeness (QED) is 0.180. The molecule has 3 N–H and O–H groups in total. The molecular weight excluding hydrogens is 602 g/mol. The SMILES string of the molecule is C=CC(=Nc1n[nH]c(-c2ccc3c(c2Cl)CN(C(=O)c2cc(C(C)C)c(O)cc2O)C3)c1C(C)CC)N1CCC2(CCOC2)CC1. The lowest BCUT2D eigenvalue weighted by atomic mass is 9.78. The zero-order valence-corrected chi connectivity index (χ0v) is 28.0. The van der Waals surface area contributed by atoms with Gasteiger partial charge in [-0.05, 0) is 71.8 Å². The number of aromatic nitrogens is 2. The van der Waals surface area contributed by atoms with Gasteiger partial charge in [-0.3, -0.25) is 9.89 Å². The molecule has 2 saturated heterocycles. The fraction of sp³-hybridized carbons (Fsp3) is 0.472. The van der Waals surface area contributed by atoms with E-state index in [9.17, 15) is 15.0 Å². The third-order valence-electron chi connectivity index (χ3n) is 10.2. The van der Waals surface area contributed by atoms with Gasteiger partial charge in [-0.1, -0.05) is 58.0 Å². The van der Waals surface area contributed by atoms with Crippen LogP contribution < -0.4 is 0 Å². The monoisotopic (exact) mass is 645 g/mol. The molecule has 1 aromatic heterocycles. The van der Waals surface area contributed by atoms with E-state index in [2.05, 4.69) is 30.4 Å². The maximum atomic E-state index is 13.6. The number of H-pyrrole nitrogens is 1. The number of phenols is 2. The van der Waals surface area contributed by atoms with E-state index in [0.717, 1.165) is 85.8 Å². The maximum absolute atomic E-state index is 13.6. The molecule has 0 aliphatic carbocycles. The van der Waals surface area contributed by atoms with Gasteiger partial charge in [0, 0.05) is 50.0 Å². The molecule has 1 atom stereocenters. The summed E-state index contributed by atoms with van der Waals surface area (Å²) in [7, 11) is 0.